The van der Waals surface area contributed by atoms with Crippen molar-refractivity contribution in [3.8, 4) is 11.5 Å². The maximum absolute atomic E-state index is 12.5. The number of amides is 2. The smallest absolute Gasteiger partial charge is 0.491 e. The Labute approximate surface area is 192 Å². The van der Waals surface area contributed by atoms with Crippen LogP contribution in [0.3, 0.4) is 0 Å². The monoisotopic (exact) mass is 485 g/mol. The highest BCUT2D eigenvalue weighted by Gasteiger charge is 2.32. The van der Waals surface area contributed by atoms with Crippen LogP contribution in [-0.4, -0.2) is 53.0 Å². The number of halogens is 4. The molecule has 1 aromatic heterocycles. The first-order valence-corrected chi connectivity index (χ1v) is 10.5. The van der Waals surface area contributed by atoms with Crippen LogP contribution in [0.1, 0.15) is 31.0 Å². The van der Waals surface area contributed by atoms with E-state index in [1.54, 1.807) is 17.2 Å². The van der Waals surface area contributed by atoms with Crippen LogP contribution in [0.25, 0.3) is 0 Å². The lowest BCUT2D eigenvalue weighted by Gasteiger charge is -2.32. The van der Waals surface area contributed by atoms with Crippen molar-refractivity contribution in [1.82, 2.24) is 15.2 Å². The Morgan fingerprint density at radius 3 is 2.47 bits per heavy atom. The van der Waals surface area contributed by atoms with E-state index in [1.165, 1.54) is 12.1 Å². The average Bonchev–Trinajstić information content (AvgIpc) is 2.80. The third-order valence-electron chi connectivity index (χ3n) is 5.29. The molecule has 4 rings (SSSR count). The molecule has 0 bridgehead atoms. The highest BCUT2D eigenvalue weighted by atomic mass is 19.4. The first-order valence-electron chi connectivity index (χ1n) is 10.5. The van der Waals surface area contributed by atoms with Gasteiger partial charge in [-0.1, -0.05) is 12.1 Å². The van der Waals surface area contributed by atoms with E-state index in [4.69, 9.17) is 9.84 Å². The third-order valence-corrected chi connectivity index (χ3v) is 5.29. The zero-order chi connectivity index (χ0) is 24.7. The van der Waals surface area contributed by atoms with E-state index >= 15 is 0 Å². The molecule has 2 aliphatic rings. The summed E-state index contributed by atoms with van der Waals surface area (Å²) < 4.78 is 56.0. The van der Waals surface area contributed by atoms with Crippen molar-refractivity contribution < 1.29 is 41.7 Å². The summed E-state index contributed by atoms with van der Waals surface area (Å²) in [4.78, 5) is 29.3. The number of nitrogens with one attached hydrogen (secondary N) is 1. The van der Waals surface area contributed by atoms with Gasteiger partial charge in [0.05, 0.1) is 18.6 Å². The number of nitrogens with zero attached hydrogens (tertiary/aromatic N) is 2. The van der Waals surface area contributed by atoms with E-state index in [0.29, 0.717) is 44.7 Å². The number of alkyl halides is 3. The number of carboxylic acids is 1. The van der Waals surface area contributed by atoms with Crippen molar-refractivity contribution in [1.29, 1.82) is 0 Å². The van der Waals surface area contributed by atoms with Gasteiger partial charge in [-0.2, -0.15) is 0 Å². The number of para-hydroxylation sites is 1. The Bertz CT molecular complexity index is 997. The SMILES string of the molecule is Fc1ccccc1OC(F)(F)F.O=C(O)C1CCN(C(=O)NC2CCOc3cccnc32)CC1. The minimum absolute atomic E-state index is 0.158. The molecular weight excluding hydrogens is 462 g/mol. The average molecular weight is 485 g/mol. The molecular formula is C22H23F4N3O5. The van der Waals surface area contributed by atoms with Gasteiger partial charge in [-0.15, -0.1) is 13.2 Å². The fourth-order valence-electron chi connectivity index (χ4n) is 3.57. The number of piperidine rings is 1. The second-order valence-electron chi connectivity index (χ2n) is 7.60. The normalized spacial score (nSPS) is 18.0. The van der Waals surface area contributed by atoms with Crippen LogP contribution < -0.4 is 14.8 Å². The number of carboxylic acid groups (broad SMARTS) is 1. The number of likely N-dealkylation sites (tertiary alicyclic amines) is 1. The summed E-state index contributed by atoms with van der Waals surface area (Å²) in [5, 5.41) is 12.0. The van der Waals surface area contributed by atoms with Gasteiger partial charge < -0.3 is 24.8 Å². The molecule has 1 atom stereocenters. The number of urea groups is 1. The maximum Gasteiger partial charge on any atom is 0.573 e. The van der Waals surface area contributed by atoms with E-state index < -0.39 is 23.9 Å². The second-order valence-corrected chi connectivity index (χ2v) is 7.60. The zero-order valence-corrected chi connectivity index (χ0v) is 17.9. The third kappa shape index (κ3) is 6.96. The molecule has 0 aliphatic carbocycles. The molecule has 1 fully saturated rings. The van der Waals surface area contributed by atoms with Crippen LogP contribution in [0, 0.1) is 11.7 Å². The molecule has 184 valence electrons. The van der Waals surface area contributed by atoms with Crippen molar-refractivity contribution >= 4 is 12.0 Å². The van der Waals surface area contributed by atoms with Crippen molar-refractivity contribution in [3.05, 3.63) is 54.1 Å². The Balaban J connectivity index is 0.000000229. The highest BCUT2D eigenvalue weighted by Crippen LogP contribution is 2.30. The highest BCUT2D eigenvalue weighted by molar-refractivity contribution is 5.76. The van der Waals surface area contributed by atoms with E-state index in [-0.39, 0.29) is 18.0 Å². The molecule has 0 spiro atoms. The van der Waals surface area contributed by atoms with Crippen LogP contribution in [0.4, 0.5) is 22.4 Å². The van der Waals surface area contributed by atoms with Crippen LogP contribution in [0.5, 0.6) is 11.5 Å². The molecule has 0 saturated carbocycles. The molecule has 1 unspecified atom stereocenters. The fourth-order valence-corrected chi connectivity index (χ4v) is 3.57. The van der Waals surface area contributed by atoms with E-state index in [9.17, 15) is 27.2 Å². The molecule has 2 N–H and O–H groups in total. The molecule has 1 aromatic carbocycles. The second kappa shape index (κ2) is 11.0. The van der Waals surface area contributed by atoms with Gasteiger partial charge in [-0.3, -0.25) is 9.78 Å². The Kier molecular flexibility index (Phi) is 8.13. The number of hydrogen-bond donors (Lipinski definition) is 2. The summed E-state index contributed by atoms with van der Waals surface area (Å²) in [6, 6.07) is 7.66. The number of pyridine rings is 1. The summed E-state index contributed by atoms with van der Waals surface area (Å²) in [6.07, 6.45) is -1.47. The number of carbonyl (C=O) groups is 2. The summed E-state index contributed by atoms with van der Waals surface area (Å²) >= 11 is 0. The molecule has 8 nitrogen and oxygen atoms in total. The molecule has 2 aromatic rings. The lowest BCUT2D eigenvalue weighted by atomic mass is 9.97. The number of ether oxygens (including phenoxy) is 2. The van der Waals surface area contributed by atoms with E-state index in [0.717, 1.165) is 17.8 Å². The predicted molar refractivity (Wildman–Crippen MR) is 111 cm³/mol. The molecule has 2 aliphatic heterocycles. The van der Waals surface area contributed by atoms with Gasteiger partial charge in [-0.25, -0.2) is 9.18 Å². The van der Waals surface area contributed by atoms with Gasteiger partial charge in [0.1, 0.15) is 11.4 Å². The van der Waals surface area contributed by atoms with E-state index in [2.05, 4.69) is 15.0 Å². The van der Waals surface area contributed by atoms with Gasteiger partial charge in [0.15, 0.2) is 11.6 Å². The Morgan fingerprint density at radius 2 is 1.82 bits per heavy atom. The number of aliphatic carboxylic acids is 1. The first-order chi connectivity index (χ1) is 16.1. The van der Waals surface area contributed by atoms with Crippen LogP contribution in [0.15, 0.2) is 42.6 Å². The summed E-state index contributed by atoms with van der Waals surface area (Å²) in [5.74, 6) is -2.25. The number of fused-ring (bicyclic) bond motifs is 1. The van der Waals surface area contributed by atoms with Crippen molar-refractivity contribution in [3.63, 3.8) is 0 Å². The number of benzene rings is 1. The number of rotatable bonds is 3. The summed E-state index contributed by atoms with van der Waals surface area (Å²) in [5.41, 5.74) is 0.752. The minimum atomic E-state index is -4.85. The van der Waals surface area contributed by atoms with Crippen molar-refractivity contribution in [2.45, 2.75) is 31.7 Å². The first kappa shape index (κ1) is 25.1. The molecule has 2 amide bonds. The fraction of sp³-hybridized carbons (Fsp3) is 0.409. The quantitative estimate of drug-likeness (QED) is 0.634. The van der Waals surface area contributed by atoms with Crippen molar-refractivity contribution in [2.75, 3.05) is 19.7 Å². The van der Waals surface area contributed by atoms with Crippen LogP contribution >= 0.6 is 0 Å². The minimum Gasteiger partial charge on any atom is -0.491 e. The molecule has 34 heavy (non-hydrogen) atoms. The number of carbonyl (C=O) groups excluding carboxylic acids is 1. The topological polar surface area (TPSA) is 101 Å². The standard InChI is InChI=1S/C15H19N3O4.C7H4F4O/c19-14(20)10-3-7-18(8-4-10)15(21)17-11-5-9-22-12-2-1-6-16-13(11)12;8-5-3-1-2-4-6(5)12-7(9,10)11/h1-2,6,10-11H,3-5,7-9H2,(H,17,21)(H,19,20);1-4H. The maximum atomic E-state index is 12.5. The lowest BCUT2D eigenvalue weighted by molar-refractivity contribution is -0.275. The van der Waals surface area contributed by atoms with E-state index in [1.807, 2.05) is 6.07 Å². The largest absolute Gasteiger partial charge is 0.573 e. The Morgan fingerprint density at radius 1 is 1.12 bits per heavy atom. The van der Waals surface area contributed by atoms with Gasteiger partial charge in [0.2, 0.25) is 0 Å². The van der Waals surface area contributed by atoms with Gasteiger partial charge >= 0.3 is 18.4 Å². The van der Waals surface area contributed by atoms with Crippen molar-refractivity contribution in [2.24, 2.45) is 5.92 Å². The zero-order valence-electron chi connectivity index (χ0n) is 17.9. The molecule has 0 radical (unpaired) electrons. The van der Waals surface area contributed by atoms with Crippen LogP contribution in [0.2, 0.25) is 0 Å². The van der Waals surface area contributed by atoms with Gasteiger partial charge in [0, 0.05) is 25.7 Å². The summed E-state index contributed by atoms with van der Waals surface area (Å²) in [7, 11) is 0. The molecule has 12 heteroatoms. The number of hydrogen-bond acceptors (Lipinski definition) is 5. The Hall–Kier alpha value is -3.57. The summed E-state index contributed by atoms with van der Waals surface area (Å²) in [6.45, 7) is 1.49. The molecule has 1 saturated heterocycles. The van der Waals surface area contributed by atoms with Gasteiger partial charge in [0.25, 0.3) is 0 Å². The predicted octanol–water partition coefficient (Wildman–Crippen LogP) is 4.14. The van der Waals surface area contributed by atoms with Crippen LogP contribution in [-0.2, 0) is 4.79 Å². The molecule has 3 heterocycles. The number of aromatic nitrogens is 1. The lowest BCUT2D eigenvalue weighted by Crippen LogP contribution is -2.47. The van der Waals surface area contributed by atoms with Gasteiger partial charge in [-0.05, 0) is 37.1 Å².